The summed E-state index contributed by atoms with van der Waals surface area (Å²) in [6.45, 7) is 2.58. The predicted octanol–water partition coefficient (Wildman–Crippen LogP) is 4.43. The van der Waals surface area contributed by atoms with Gasteiger partial charge in [-0.15, -0.1) is 0 Å². The van der Waals surface area contributed by atoms with Gasteiger partial charge in [-0.1, -0.05) is 55.0 Å². The van der Waals surface area contributed by atoms with Gasteiger partial charge in [-0.2, -0.15) is 0 Å². The van der Waals surface area contributed by atoms with Gasteiger partial charge >= 0.3 is 0 Å². The Labute approximate surface area is 138 Å². The molecule has 3 aliphatic carbocycles. The molecule has 1 spiro atoms. The lowest BCUT2D eigenvalue weighted by Gasteiger charge is -2.38. The second-order valence-corrected chi connectivity index (χ2v) is 8.20. The fourth-order valence-electron chi connectivity index (χ4n) is 6.11. The van der Waals surface area contributed by atoms with Crippen LogP contribution in [0, 0.1) is 0 Å². The summed E-state index contributed by atoms with van der Waals surface area (Å²) in [5, 5.41) is 0. The molecule has 1 aliphatic heterocycles. The molecule has 1 saturated carbocycles. The van der Waals surface area contributed by atoms with Crippen molar-refractivity contribution in [3.8, 4) is 0 Å². The minimum absolute atomic E-state index is 0.394. The van der Waals surface area contributed by atoms with Crippen LogP contribution < -0.4 is 0 Å². The number of benzene rings is 2. The molecule has 0 radical (unpaired) electrons. The van der Waals surface area contributed by atoms with Crippen molar-refractivity contribution in [3.05, 3.63) is 70.8 Å². The first-order valence-electron chi connectivity index (χ1n) is 9.29. The summed E-state index contributed by atoms with van der Waals surface area (Å²) in [6, 6.07) is 19.6. The maximum atomic E-state index is 2.84. The Morgan fingerprint density at radius 3 is 2.39 bits per heavy atom. The van der Waals surface area contributed by atoms with Crippen molar-refractivity contribution in [1.82, 2.24) is 4.90 Å². The van der Waals surface area contributed by atoms with Crippen molar-refractivity contribution in [2.24, 2.45) is 0 Å². The lowest BCUT2D eigenvalue weighted by molar-refractivity contribution is 0.149. The van der Waals surface area contributed by atoms with E-state index in [1.807, 2.05) is 0 Å². The molecule has 0 amide bonds. The van der Waals surface area contributed by atoms with Gasteiger partial charge in [-0.05, 0) is 41.5 Å². The summed E-state index contributed by atoms with van der Waals surface area (Å²) in [7, 11) is 0. The first-order valence-corrected chi connectivity index (χ1v) is 9.29. The van der Waals surface area contributed by atoms with E-state index in [9.17, 15) is 0 Å². The molecule has 6 rings (SSSR count). The van der Waals surface area contributed by atoms with Gasteiger partial charge in [0.05, 0.1) is 0 Å². The van der Waals surface area contributed by atoms with Crippen molar-refractivity contribution in [1.29, 1.82) is 0 Å². The van der Waals surface area contributed by atoms with E-state index in [2.05, 4.69) is 53.4 Å². The van der Waals surface area contributed by atoms with Crippen molar-refractivity contribution in [2.45, 2.75) is 49.0 Å². The van der Waals surface area contributed by atoms with E-state index in [1.54, 1.807) is 22.3 Å². The van der Waals surface area contributed by atoms with Crippen LogP contribution in [-0.2, 0) is 5.41 Å². The highest BCUT2D eigenvalue weighted by molar-refractivity contribution is 5.58. The number of hydrogen-bond donors (Lipinski definition) is 0. The van der Waals surface area contributed by atoms with Crippen LogP contribution in [-0.4, -0.2) is 24.0 Å². The number of rotatable bonds is 1. The SMILES string of the molecule is c1ccc2c(c1)C1CC3(CN(C4CCC4)CC23)c2ccccc21. The van der Waals surface area contributed by atoms with Gasteiger partial charge in [0.25, 0.3) is 0 Å². The molecule has 3 atom stereocenters. The zero-order valence-corrected chi connectivity index (χ0v) is 13.5. The lowest BCUT2D eigenvalue weighted by Crippen LogP contribution is -2.40. The van der Waals surface area contributed by atoms with Crippen LogP contribution in [0.1, 0.15) is 59.8 Å². The molecule has 2 aromatic carbocycles. The van der Waals surface area contributed by atoms with E-state index in [0.717, 1.165) is 6.04 Å². The minimum Gasteiger partial charge on any atom is -0.299 e. The van der Waals surface area contributed by atoms with Crippen LogP contribution in [0.5, 0.6) is 0 Å². The molecule has 2 bridgehead atoms. The summed E-state index contributed by atoms with van der Waals surface area (Å²) in [6.07, 6.45) is 5.64. The third-order valence-corrected chi connectivity index (χ3v) is 7.35. The van der Waals surface area contributed by atoms with E-state index in [0.29, 0.717) is 17.3 Å². The van der Waals surface area contributed by atoms with Gasteiger partial charge in [0.1, 0.15) is 0 Å². The Hall–Kier alpha value is -1.60. The van der Waals surface area contributed by atoms with Gasteiger partial charge in [-0.3, -0.25) is 4.90 Å². The van der Waals surface area contributed by atoms with Gasteiger partial charge in [0.2, 0.25) is 0 Å². The summed E-state index contributed by atoms with van der Waals surface area (Å²) in [4.78, 5) is 2.84. The fourth-order valence-corrected chi connectivity index (χ4v) is 6.11. The van der Waals surface area contributed by atoms with Gasteiger partial charge in [0.15, 0.2) is 0 Å². The molecule has 23 heavy (non-hydrogen) atoms. The van der Waals surface area contributed by atoms with Crippen LogP contribution in [0.3, 0.4) is 0 Å². The number of likely N-dealkylation sites (tertiary alicyclic amines) is 1. The molecule has 1 nitrogen and oxygen atoms in total. The Morgan fingerprint density at radius 1 is 0.870 bits per heavy atom. The van der Waals surface area contributed by atoms with Crippen molar-refractivity contribution < 1.29 is 0 Å². The normalized spacial score (nSPS) is 34.6. The van der Waals surface area contributed by atoms with E-state index >= 15 is 0 Å². The van der Waals surface area contributed by atoms with Gasteiger partial charge < -0.3 is 0 Å². The first-order chi connectivity index (χ1) is 11.4. The maximum Gasteiger partial charge on any atom is 0.0173 e. The second kappa shape index (κ2) is 4.27. The first kappa shape index (κ1) is 12.8. The Morgan fingerprint density at radius 2 is 1.61 bits per heavy atom. The molecule has 116 valence electrons. The standard InChI is InChI=1S/C22H23N/c1-2-9-17-16(8-1)19-12-22(20-11-4-3-10-18(19)20)14-23(13-21(17)22)15-6-5-7-15/h1-4,8-11,15,19,21H,5-7,12-14H2. The van der Waals surface area contributed by atoms with Crippen molar-refractivity contribution >= 4 is 0 Å². The Balaban J connectivity index is 1.58. The Kier molecular flexibility index (Phi) is 2.37. The van der Waals surface area contributed by atoms with E-state index in [1.165, 1.54) is 38.8 Å². The maximum absolute atomic E-state index is 2.84. The molecule has 1 saturated heterocycles. The highest BCUT2D eigenvalue weighted by atomic mass is 15.2. The smallest absolute Gasteiger partial charge is 0.0173 e. The molecule has 1 heteroatoms. The topological polar surface area (TPSA) is 3.24 Å². The number of hydrogen-bond acceptors (Lipinski definition) is 1. The van der Waals surface area contributed by atoms with Crippen LogP contribution >= 0.6 is 0 Å². The van der Waals surface area contributed by atoms with Crippen molar-refractivity contribution in [2.75, 3.05) is 13.1 Å². The molecule has 1 heterocycles. The van der Waals surface area contributed by atoms with Crippen LogP contribution in [0.15, 0.2) is 48.5 Å². The minimum atomic E-state index is 0.394. The summed E-state index contributed by atoms with van der Waals surface area (Å²) < 4.78 is 0. The third-order valence-electron chi connectivity index (χ3n) is 7.35. The average molecular weight is 301 g/mol. The zero-order chi connectivity index (χ0) is 15.0. The van der Waals surface area contributed by atoms with Crippen LogP contribution in [0.2, 0.25) is 0 Å². The van der Waals surface area contributed by atoms with Crippen LogP contribution in [0.25, 0.3) is 0 Å². The van der Waals surface area contributed by atoms with E-state index in [-0.39, 0.29) is 0 Å². The summed E-state index contributed by atoms with van der Waals surface area (Å²) in [5.41, 5.74) is 6.96. The summed E-state index contributed by atoms with van der Waals surface area (Å²) in [5.74, 6) is 1.35. The van der Waals surface area contributed by atoms with E-state index < -0.39 is 0 Å². The molecule has 4 aliphatic rings. The summed E-state index contributed by atoms with van der Waals surface area (Å²) >= 11 is 0. The largest absolute Gasteiger partial charge is 0.299 e. The molecule has 2 aromatic rings. The lowest BCUT2D eigenvalue weighted by atomic mass is 9.65. The fraction of sp³-hybridized carbons (Fsp3) is 0.455. The highest BCUT2D eigenvalue weighted by Gasteiger charge is 2.58. The zero-order valence-electron chi connectivity index (χ0n) is 13.5. The number of nitrogens with zero attached hydrogens (tertiary/aromatic N) is 1. The quantitative estimate of drug-likeness (QED) is 0.753. The van der Waals surface area contributed by atoms with Crippen molar-refractivity contribution in [3.63, 3.8) is 0 Å². The monoisotopic (exact) mass is 301 g/mol. The third kappa shape index (κ3) is 1.48. The molecule has 2 fully saturated rings. The number of fused-ring (bicyclic) bond motifs is 3. The predicted molar refractivity (Wildman–Crippen MR) is 93.0 cm³/mol. The van der Waals surface area contributed by atoms with Gasteiger partial charge in [0, 0.05) is 36.4 Å². The van der Waals surface area contributed by atoms with E-state index in [4.69, 9.17) is 0 Å². The van der Waals surface area contributed by atoms with Crippen LogP contribution in [0.4, 0.5) is 0 Å². The second-order valence-electron chi connectivity index (χ2n) is 8.20. The highest BCUT2D eigenvalue weighted by Crippen LogP contribution is 2.63. The molecular weight excluding hydrogens is 278 g/mol. The molecule has 0 N–H and O–H groups in total. The van der Waals surface area contributed by atoms with Gasteiger partial charge in [-0.25, -0.2) is 0 Å². The molecular formula is C22H23N. The molecule has 3 unspecified atom stereocenters. The average Bonchev–Trinajstić information content (AvgIpc) is 3.05. The molecule has 0 aromatic heterocycles. The Bertz CT molecular complexity index is 779.